The lowest BCUT2D eigenvalue weighted by molar-refractivity contribution is -0.123. The van der Waals surface area contributed by atoms with Crippen LogP contribution in [0.4, 0.5) is 9.18 Å². The van der Waals surface area contributed by atoms with Crippen molar-refractivity contribution in [3.8, 4) is 5.69 Å². The molecule has 1 saturated heterocycles. The van der Waals surface area contributed by atoms with Crippen LogP contribution in [0.5, 0.6) is 0 Å². The fraction of sp³-hybridized carbons (Fsp3) is 0.167. The smallest absolute Gasteiger partial charge is 0.293 e. The van der Waals surface area contributed by atoms with Crippen LogP contribution in [0.1, 0.15) is 28.1 Å². The molecule has 0 unspecified atom stereocenters. The summed E-state index contributed by atoms with van der Waals surface area (Å²) in [7, 11) is 0. The standard InChI is InChI=1S/C24H20ClFN2O2S/c1-14-11-18(16(3)28(14)21-6-4-5-20(25)15(21)2)12-22-23(29)27(24(30)31-22)13-17-7-9-19(26)10-8-17/h4-12H,13H2,1-3H3. The van der Waals surface area contributed by atoms with E-state index in [4.69, 9.17) is 11.6 Å². The van der Waals surface area contributed by atoms with Gasteiger partial charge in [0.25, 0.3) is 11.1 Å². The number of carbonyl (C=O) groups excluding carboxylic acids is 2. The summed E-state index contributed by atoms with van der Waals surface area (Å²) in [6, 6.07) is 13.5. The Morgan fingerprint density at radius 1 is 1.06 bits per heavy atom. The quantitative estimate of drug-likeness (QED) is 0.426. The summed E-state index contributed by atoms with van der Waals surface area (Å²) in [4.78, 5) is 26.9. The Bertz CT molecular complexity index is 1230. The van der Waals surface area contributed by atoms with Crippen molar-refractivity contribution in [2.75, 3.05) is 0 Å². The van der Waals surface area contributed by atoms with Gasteiger partial charge in [-0.05, 0) is 85.6 Å². The zero-order valence-corrected chi connectivity index (χ0v) is 18.9. The van der Waals surface area contributed by atoms with Gasteiger partial charge in [0.1, 0.15) is 5.82 Å². The zero-order chi connectivity index (χ0) is 22.3. The van der Waals surface area contributed by atoms with Gasteiger partial charge in [-0.1, -0.05) is 29.8 Å². The van der Waals surface area contributed by atoms with Gasteiger partial charge in [0.15, 0.2) is 0 Å². The summed E-state index contributed by atoms with van der Waals surface area (Å²) in [5, 5.41) is 0.355. The molecule has 3 aromatic rings. The molecule has 1 aliphatic rings. The first-order valence-electron chi connectivity index (χ1n) is 9.70. The van der Waals surface area contributed by atoms with Gasteiger partial charge in [0.2, 0.25) is 0 Å². The van der Waals surface area contributed by atoms with Crippen LogP contribution in [0.2, 0.25) is 5.02 Å². The molecule has 1 aromatic heterocycles. The molecule has 0 saturated carbocycles. The Kier molecular flexibility index (Phi) is 5.77. The number of hydrogen-bond acceptors (Lipinski definition) is 3. The SMILES string of the molecule is Cc1c(Cl)cccc1-n1c(C)cc(C=C2SC(=O)N(Cc3ccc(F)cc3)C2=O)c1C. The van der Waals surface area contributed by atoms with Crippen molar-refractivity contribution in [2.45, 2.75) is 27.3 Å². The fourth-order valence-corrected chi connectivity index (χ4v) is 4.69. The third kappa shape index (κ3) is 4.05. The minimum Gasteiger partial charge on any atom is -0.318 e. The Morgan fingerprint density at radius 2 is 1.77 bits per heavy atom. The topological polar surface area (TPSA) is 42.3 Å². The van der Waals surface area contributed by atoms with Crippen molar-refractivity contribution in [3.05, 3.63) is 92.4 Å². The number of nitrogens with zero attached hydrogens (tertiary/aromatic N) is 2. The van der Waals surface area contributed by atoms with Crippen LogP contribution in [0, 0.1) is 26.6 Å². The van der Waals surface area contributed by atoms with Crippen molar-refractivity contribution in [3.63, 3.8) is 0 Å². The molecule has 0 N–H and O–H groups in total. The van der Waals surface area contributed by atoms with E-state index in [1.807, 2.05) is 45.0 Å². The van der Waals surface area contributed by atoms with E-state index >= 15 is 0 Å². The third-order valence-corrected chi connectivity index (χ3v) is 6.68. The second-order valence-corrected chi connectivity index (χ2v) is 8.84. The molecule has 4 nitrogen and oxygen atoms in total. The molecule has 2 amide bonds. The lowest BCUT2D eigenvalue weighted by atomic mass is 10.2. The number of aromatic nitrogens is 1. The molecule has 0 spiro atoms. The van der Waals surface area contributed by atoms with Crippen LogP contribution in [0.25, 0.3) is 11.8 Å². The highest BCUT2D eigenvalue weighted by atomic mass is 35.5. The van der Waals surface area contributed by atoms with Gasteiger partial charge in [-0.15, -0.1) is 0 Å². The van der Waals surface area contributed by atoms with Crippen LogP contribution >= 0.6 is 23.4 Å². The van der Waals surface area contributed by atoms with E-state index in [1.54, 1.807) is 18.2 Å². The lowest BCUT2D eigenvalue weighted by Gasteiger charge is -2.13. The number of benzene rings is 2. The van der Waals surface area contributed by atoms with Gasteiger partial charge in [0.05, 0.1) is 11.4 Å². The largest absolute Gasteiger partial charge is 0.318 e. The van der Waals surface area contributed by atoms with Gasteiger partial charge >= 0.3 is 0 Å². The maximum Gasteiger partial charge on any atom is 0.293 e. The highest BCUT2D eigenvalue weighted by molar-refractivity contribution is 8.18. The Labute approximate surface area is 189 Å². The predicted molar refractivity (Wildman–Crippen MR) is 123 cm³/mol. The molecule has 0 atom stereocenters. The van der Waals surface area contributed by atoms with Crippen LogP contribution in [0.3, 0.4) is 0 Å². The number of rotatable bonds is 4. The summed E-state index contributed by atoms with van der Waals surface area (Å²) < 4.78 is 15.2. The molecular formula is C24H20ClFN2O2S. The van der Waals surface area contributed by atoms with E-state index in [-0.39, 0.29) is 23.5 Å². The molecule has 0 bridgehead atoms. The molecule has 0 aliphatic carbocycles. The molecule has 2 aromatic carbocycles. The van der Waals surface area contributed by atoms with Crippen LogP contribution < -0.4 is 0 Å². The van der Waals surface area contributed by atoms with E-state index in [2.05, 4.69) is 4.57 Å². The number of amides is 2. The Hall–Kier alpha value is -2.83. The normalized spacial score (nSPS) is 15.4. The van der Waals surface area contributed by atoms with Gasteiger partial charge in [0, 0.05) is 22.1 Å². The monoisotopic (exact) mass is 454 g/mol. The molecule has 4 rings (SSSR count). The molecule has 158 valence electrons. The van der Waals surface area contributed by atoms with E-state index in [0.717, 1.165) is 40.0 Å². The lowest BCUT2D eigenvalue weighted by Crippen LogP contribution is -2.27. The first-order valence-corrected chi connectivity index (χ1v) is 10.9. The minimum absolute atomic E-state index is 0.114. The number of thioether (sulfide) groups is 1. The predicted octanol–water partition coefficient (Wildman–Crippen LogP) is 6.43. The molecule has 0 radical (unpaired) electrons. The van der Waals surface area contributed by atoms with Crippen LogP contribution in [-0.4, -0.2) is 20.6 Å². The highest BCUT2D eigenvalue weighted by Gasteiger charge is 2.35. The van der Waals surface area contributed by atoms with E-state index in [1.165, 1.54) is 17.0 Å². The molecule has 1 aliphatic heterocycles. The zero-order valence-electron chi connectivity index (χ0n) is 17.3. The van der Waals surface area contributed by atoms with E-state index in [0.29, 0.717) is 15.5 Å². The molecular weight excluding hydrogens is 435 g/mol. The number of hydrogen-bond donors (Lipinski definition) is 0. The van der Waals surface area contributed by atoms with Gasteiger partial charge in [-0.3, -0.25) is 14.5 Å². The summed E-state index contributed by atoms with van der Waals surface area (Å²) in [6.45, 7) is 6.05. The first-order chi connectivity index (χ1) is 14.8. The summed E-state index contributed by atoms with van der Waals surface area (Å²) >= 11 is 7.22. The third-order valence-electron chi connectivity index (χ3n) is 5.36. The first kappa shape index (κ1) is 21.4. The van der Waals surface area contributed by atoms with E-state index in [9.17, 15) is 14.0 Å². The Morgan fingerprint density at radius 3 is 2.48 bits per heavy atom. The molecule has 7 heteroatoms. The van der Waals surface area contributed by atoms with Crippen molar-refractivity contribution in [1.29, 1.82) is 0 Å². The fourth-order valence-electron chi connectivity index (χ4n) is 3.69. The van der Waals surface area contributed by atoms with Crippen molar-refractivity contribution < 1.29 is 14.0 Å². The second-order valence-electron chi connectivity index (χ2n) is 7.44. The number of halogens is 2. The average Bonchev–Trinajstić information content (AvgIpc) is 3.15. The van der Waals surface area contributed by atoms with Crippen molar-refractivity contribution >= 4 is 40.6 Å². The van der Waals surface area contributed by atoms with Gasteiger partial charge in [-0.2, -0.15) is 0 Å². The van der Waals surface area contributed by atoms with Gasteiger partial charge in [-0.25, -0.2) is 4.39 Å². The number of carbonyl (C=O) groups is 2. The number of imide groups is 1. The molecule has 2 heterocycles. The summed E-state index contributed by atoms with van der Waals surface area (Å²) in [5.41, 5.74) is 5.46. The highest BCUT2D eigenvalue weighted by Crippen LogP contribution is 2.35. The van der Waals surface area contributed by atoms with Gasteiger partial charge < -0.3 is 4.57 Å². The van der Waals surface area contributed by atoms with Crippen LogP contribution in [-0.2, 0) is 11.3 Å². The van der Waals surface area contributed by atoms with E-state index < -0.39 is 0 Å². The molecule has 31 heavy (non-hydrogen) atoms. The second kappa shape index (κ2) is 8.36. The van der Waals surface area contributed by atoms with Crippen molar-refractivity contribution in [2.24, 2.45) is 0 Å². The maximum absolute atomic E-state index is 13.1. The molecule has 1 fully saturated rings. The minimum atomic E-state index is -0.358. The van der Waals surface area contributed by atoms with Crippen LogP contribution in [0.15, 0.2) is 53.4 Å². The maximum atomic E-state index is 13.1. The Balaban J connectivity index is 1.65. The average molecular weight is 455 g/mol. The summed E-state index contributed by atoms with van der Waals surface area (Å²) in [6.07, 6.45) is 1.76. The van der Waals surface area contributed by atoms with Crippen molar-refractivity contribution in [1.82, 2.24) is 9.47 Å². The number of aryl methyl sites for hydroxylation is 1. The summed E-state index contributed by atoms with van der Waals surface area (Å²) in [5.74, 6) is -0.703.